The molecule has 0 radical (unpaired) electrons. The molecular formula is C11H17N3S. The molecule has 3 rings (SSSR count). The van der Waals surface area contributed by atoms with E-state index in [4.69, 9.17) is 10.7 Å². The molecule has 3 nitrogen and oxygen atoms in total. The molecule has 0 bridgehead atoms. The lowest BCUT2D eigenvalue weighted by molar-refractivity contribution is 0.323. The molecule has 2 aliphatic rings. The lowest BCUT2D eigenvalue weighted by Crippen LogP contribution is -2.26. The van der Waals surface area contributed by atoms with Gasteiger partial charge in [-0.3, -0.25) is 4.90 Å². The summed E-state index contributed by atoms with van der Waals surface area (Å²) in [5, 5.41) is 3.57. The highest BCUT2D eigenvalue weighted by Crippen LogP contribution is 2.41. The highest BCUT2D eigenvalue weighted by atomic mass is 32.1. The van der Waals surface area contributed by atoms with Crippen molar-refractivity contribution in [2.45, 2.75) is 37.8 Å². The molecule has 0 aromatic carbocycles. The van der Waals surface area contributed by atoms with Crippen LogP contribution in [0.1, 0.15) is 35.9 Å². The Bertz CT molecular complexity index is 345. The van der Waals surface area contributed by atoms with Crippen molar-refractivity contribution in [1.82, 2.24) is 9.88 Å². The van der Waals surface area contributed by atoms with Crippen LogP contribution in [-0.2, 0) is 6.54 Å². The van der Waals surface area contributed by atoms with Crippen LogP contribution < -0.4 is 5.73 Å². The summed E-state index contributed by atoms with van der Waals surface area (Å²) in [7, 11) is 0. The Morgan fingerprint density at radius 1 is 1.47 bits per heavy atom. The third-order valence-electron chi connectivity index (χ3n) is 3.19. The van der Waals surface area contributed by atoms with Crippen LogP contribution >= 0.6 is 11.3 Å². The van der Waals surface area contributed by atoms with E-state index in [0.717, 1.165) is 32.0 Å². The fourth-order valence-electron chi connectivity index (χ4n) is 2.15. The lowest BCUT2D eigenvalue weighted by atomic mass is 10.3. The molecule has 1 saturated heterocycles. The Hall–Kier alpha value is -0.450. The van der Waals surface area contributed by atoms with Gasteiger partial charge in [0.1, 0.15) is 0 Å². The summed E-state index contributed by atoms with van der Waals surface area (Å²) < 4.78 is 0. The minimum atomic E-state index is 0.381. The van der Waals surface area contributed by atoms with Crippen LogP contribution in [0.4, 0.5) is 0 Å². The Morgan fingerprint density at radius 3 is 3.00 bits per heavy atom. The average Bonchev–Trinajstić information content (AvgIpc) is 2.84. The summed E-state index contributed by atoms with van der Waals surface area (Å²) in [5.41, 5.74) is 7.13. The zero-order valence-corrected chi connectivity index (χ0v) is 9.67. The first kappa shape index (κ1) is 9.75. The molecule has 0 amide bonds. The molecule has 2 heterocycles. The molecule has 15 heavy (non-hydrogen) atoms. The van der Waals surface area contributed by atoms with Crippen LogP contribution in [-0.4, -0.2) is 29.0 Å². The molecule has 1 aromatic rings. The predicted octanol–water partition coefficient (Wildman–Crippen LogP) is 1.55. The monoisotopic (exact) mass is 223 g/mol. The molecule has 0 unspecified atom stereocenters. The smallest absolute Gasteiger partial charge is 0.0959 e. The summed E-state index contributed by atoms with van der Waals surface area (Å²) in [5.74, 6) is 0.796. The third kappa shape index (κ3) is 2.22. The van der Waals surface area contributed by atoms with Gasteiger partial charge in [0.15, 0.2) is 0 Å². The molecule has 4 heteroatoms. The maximum Gasteiger partial charge on any atom is 0.0959 e. The number of hydrogen-bond donors (Lipinski definition) is 1. The molecule has 1 aliphatic heterocycles. The Morgan fingerprint density at radius 2 is 2.33 bits per heavy atom. The van der Waals surface area contributed by atoms with E-state index in [1.165, 1.54) is 23.5 Å². The highest BCUT2D eigenvalue weighted by molar-refractivity contribution is 7.09. The summed E-state index contributed by atoms with van der Waals surface area (Å²) in [6, 6.07) is 0.381. The number of rotatable bonds is 3. The van der Waals surface area contributed by atoms with Gasteiger partial charge in [-0.25, -0.2) is 4.98 Å². The van der Waals surface area contributed by atoms with Gasteiger partial charge >= 0.3 is 0 Å². The fraction of sp³-hybridized carbons (Fsp3) is 0.727. The molecule has 2 fully saturated rings. The zero-order chi connectivity index (χ0) is 10.3. The second-order valence-corrected chi connectivity index (χ2v) is 5.62. The number of nitrogens with zero attached hydrogens (tertiary/aromatic N) is 2. The Kier molecular flexibility index (Phi) is 2.50. The molecule has 1 aromatic heterocycles. The quantitative estimate of drug-likeness (QED) is 0.845. The van der Waals surface area contributed by atoms with Crippen LogP contribution in [0, 0.1) is 0 Å². The highest BCUT2D eigenvalue weighted by Gasteiger charge is 2.27. The average molecular weight is 223 g/mol. The number of hydrogen-bond acceptors (Lipinski definition) is 4. The van der Waals surface area contributed by atoms with Crippen LogP contribution in [0.15, 0.2) is 5.38 Å². The molecule has 1 atom stereocenters. The van der Waals surface area contributed by atoms with Gasteiger partial charge in [-0.15, -0.1) is 11.3 Å². The normalized spacial score (nSPS) is 27.4. The summed E-state index contributed by atoms with van der Waals surface area (Å²) >= 11 is 1.84. The van der Waals surface area contributed by atoms with Crippen LogP contribution in [0.25, 0.3) is 0 Å². The van der Waals surface area contributed by atoms with Crippen molar-refractivity contribution in [1.29, 1.82) is 0 Å². The maximum atomic E-state index is 5.88. The second-order valence-electron chi connectivity index (χ2n) is 4.74. The largest absolute Gasteiger partial charge is 0.326 e. The van der Waals surface area contributed by atoms with E-state index < -0.39 is 0 Å². The van der Waals surface area contributed by atoms with Gasteiger partial charge in [-0.2, -0.15) is 0 Å². The number of aromatic nitrogens is 1. The fourth-order valence-corrected chi connectivity index (χ4v) is 3.13. The van der Waals surface area contributed by atoms with E-state index in [9.17, 15) is 0 Å². The Balaban J connectivity index is 1.61. The molecular weight excluding hydrogens is 206 g/mol. The van der Waals surface area contributed by atoms with E-state index in [1.807, 2.05) is 11.3 Å². The third-order valence-corrected chi connectivity index (χ3v) is 4.25. The van der Waals surface area contributed by atoms with Gasteiger partial charge in [0.2, 0.25) is 0 Å². The standard InChI is InChI=1S/C11H17N3S/c12-9-3-4-14(5-9)6-10-7-15-11(13-10)8-1-2-8/h7-9H,1-6,12H2/t9-/m1/s1. The SMILES string of the molecule is N[C@@H]1CCN(Cc2csc(C3CC3)n2)C1. The molecule has 2 N–H and O–H groups in total. The zero-order valence-electron chi connectivity index (χ0n) is 8.85. The summed E-state index contributed by atoms with van der Waals surface area (Å²) in [6.07, 6.45) is 3.84. The topological polar surface area (TPSA) is 42.1 Å². The van der Waals surface area contributed by atoms with Crippen molar-refractivity contribution in [2.75, 3.05) is 13.1 Å². The molecule has 1 aliphatic carbocycles. The first-order valence-corrected chi connectivity index (χ1v) is 6.61. The first-order chi connectivity index (χ1) is 7.31. The first-order valence-electron chi connectivity index (χ1n) is 5.73. The van der Waals surface area contributed by atoms with Crippen molar-refractivity contribution in [3.63, 3.8) is 0 Å². The van der Waals surface area contributed by atoms with Crippen LogP contribution in [0.5, 0.6) is 0 Å². The van der Waals surface area contributed by atoms with Crippen molar-refractivity contribution in [3.05, 3.63) is 16.1 Å². The minimum absolute atomic E-state index is 0.381. The summed E-state index contributed by atoms with van der Waals surface area (Å²) in [6.45, 7) is 3.17. The second kappa shape index (κ2) is 3.85. The van der Waals surface area contributed by atoms with E-state index in [1.54, 1.807) is 0 Å². The van der Waals surface area contributed by atoms with E-state index >= 15 is 0 Å². The van der Waals surface area contributed by atoms with E-state index in [-0.39, 0.29) is 0 Å². The van der Waals surface area contributed by atoms with Gasteiger partial charge in [0.25, 0.3) is 0 Å². The van der Waals surface area contributed by atoms with Gasteiger partial charge in [-0.1, -0.05) is 0 Å². The summed E-state index contributed by atoms with van der Waals surface area (Å²) in [4.78, 5) is 7.11. The number of thiazole rings is 1. The van der Waals surface area contributed by atoms with E-state index in [0.29, 0.717) is 6.04 Å². The molecule has 0 spiro atoms. The van der Waals surface area contributed by atoms with Gasteiger partial charge in [-0.05, 0) is 19.3 Å². The van der Waals surface area contributed by atoms with Crippen LogP contribution in [0.3, 0.4) is 0 Å². The molecule has 82 valence electrons. The minimum Gasteiger partial charge on any atom is -0.326 e. The van der Waals surface area contributed by atoms with Gasteiger partial charge in [0.05, 0.1) is 10.7 Å². The number of nitrogens with two attached hydrogens (primary N) is 1. The van der Waals surface area contributed by atoms with Crippen molar-refractivity contribution < 1.29 is 0 Å². The van der Waals surface area contributed by atoms with Crippen LogP contribution in [0.2, 0.25) is 0 Å². The molecule has 1 saturated carbocycles. The maximum absolute atomic E-state index is 5.88. The van der Waals surface area contributed by atoms with Crippen molar-refractivity contribution >= 4 is 11.3 Å². The Labute approximate surface area is 94.3 Å². The van der Waals surface area contributed by atoms with Crippen molar-refractivity contribution in [2.24, 2.45) is 5.73 Å². The van der Waals surface area contributed by atoms with Crippen molar-refractivity contribution in [3.8, 4) is 0 Å². The predicted molar refractivity (Wildman–Crippen MR) is 62.0 cm³/mol. The van der Waals surface area contributed by atoms with Gasteiger partial charge < -0.3 is 5.73 Å². The lowest BCUT2D eigenvalue weighted by Gasteiger charge is -2.12. The van der Waals surface area contributed by atoms with Gasteiger partial charge in [0, 0.05) is 37.0 Å². The van der Waals surface area contributed by atoms with E-state index in [2.05, 4.69) is 10.3 Å². The number of likely N-dealkylation sites (tertiary alicyclic amines) is 1.